The summed E-state index contributed by atoms with van der Waals surface area (Å²) in [6, 6.07) is 0. The zero-order valence-corrected chi connectivity index (χ0v) is 13.6. The maximum absolute atomic E-state index is 5.34. The minimum atomic E-state index is 0.893. The van der Waals surface area contributed by atoms with E-state index >= 15 is 0 Å². The van der Waals surface area contributed by atoms with Gasteiger partial charge in [0.15, 0.2) is 0 Å². The quantitative estimate of drug-likeness (QED) is 0.466. The molecule has 0 saturated carbocycles. The molecule has 21 heavy (non-hydrogen) atoms. The first kappa shape index (κ1) is 17.2. The van der Waals surface area contributed by atoms with Crippen molar-refractivity contribution in [2.75, 3.05) is 65.6 Å². The summed E-state index contributed by atoms with van der Waals surface area (Å²) in [5, 5.41) is 0. The van der Waals surface area contributed by atoms with E-state index in [0.717, 1.165) is 45.9 Å². The highest BCUT2D eigenvalue weighted by molar-refractivity contribution is 4.64. The van der Waals surface area contributed by atoms with E-state index in [9.17, 15) is 0 Å². The summed E-state index contributed by atoms with van der Waals surface area (Å²) in [7, 11) is 0. The fraction of sp³-hybridized carbons (Fsp3) is 1.00. The molecule has 2 rings (SSSR count). The molecule has 0 unspecified atom stereocenters. The van der Waals surface area contributed by atoms with Gasteiger partial charge in [-0.1, -0.05) is 12.8 Å². The summed E-state index contributed by atoms with van der Waals surface area (Å²) in [5.74, 6) is 0. The van der Waals surface area contributed by atoms with Crippen molar-refractivity contribution >= 4 is 0 Å². The van der Waals surface area contributed by atoms with Crippen molar-refractivity contribution in [1.29, 1.82) is 0 Å². The molecule has 0 aromatic rings. The van der Waals surface area contributed by atoms with Crippen molar-refractivity contribution in [3.8, 4) is 0 Å². The minimum absolute atomic E-state index is 0.893. The molecule has 5 nitrogen and oxygen atoms in total. The van der Waals surface area contributed by atoms with E-state index in [1.54, 1.807) is 0 Å². The third-order valence-corrected chi connectivity index (χ3v) is 4.51. The van der Waals surface area contributed by atoms with Gasteiger partial charge in [0.1, 0.15) is 0 Å². The van der Waals surface area contributed by atoms with Gasteiger partial charge in [-0.2, -0.15) is 0 Å². The molecule has 2 saturated heterocycles. The van der Waals surface area contributed by atoms with Crippen molar-refractivity contribution in [1.82, 2.24) is 20.7 Å². The highest BCUT2D eigenvalue weighted by Gasteiger charge is 2.09. The van der Waals surface area contributed by atoms with Gasteiger partial charge in [0.05, 0.1) is 13.2 Å². The number of nitrogens with one attached hydrogen (secondary N) is 2. The molecule has 124 valence electrons. The maximum Gasteiger partial charge on any atom is 0.0594 e. The molecule has 0 aromatic heterocycles. The van der Waals surface area contributed by atoms with Crippen LogP contribution >= 0.6 is 0 Å². The molecule has 0 radical (unpaired) electrons. The Morgan fingerprint density at radius 1 is 0.667 bits per heavy atom. The summed E-state index contributed by atoms with van der Waals surface area (Å²) in [5.41, 5.74) is 6.67. The number of likely N-dealkylation sites (tertiary alicyclic amines) is 1. The Morgan fingerprint density at radius 2 is 1.38 bits per heavy atom. The van der Waals surface area contributed by atoms with Crippen molar-refractivity contribution in [3.05, 3.63) is 0 Å². The molecule has 2 N–H and O–H groups in total. The molecule has 2 heterocycles. The zero-order valence-electron chi connectivity index (χ0n) is 13.6. The summed E-state index contributed by atoms with van der Waals surface area (Å²) in [6.45, 7) is 11.2. The molecular weight excluding hydrogens is 264 g/mol. The number of piperidine rings is 1. The van der Waals surface area contributed by atoms with Crippen LogP contribution in [0.15, 0.2) is 0 Å². The van der Waals surface area contributed by atoms with E-state index in [1.807, 2.05) is 0 Å². The van der Waals surface area contributed by atoms with Crippen LogP contribution < -0.4 is 10.9 Å². The van der Waals surface area contributed by atoms with E-state index in [-0.39, 0.29) is 0 Å². The standard InChI is InChI=1S/C16H34N4O/c1(4-9-19-10-5-2-6-11-19)3-7-17-18-8-12-20-13-15-21-16-14-20/h17-18H,1-16H2. The molecular formula is C16H34N4O. The van der Waals surface area contributed by atoms with Gasteiger partial charge in [0.2, 0.25) is 0 Å². The second kappa shape index (κ2) is 11.4. The number of rotatable bonds is 10. The summed E-state index contributed by atoms with van der Waals surface area (Å²) in [4.78, 5) is 5.09. The number of ether oxygens (including phenoxy) is 1. The fourth-order valence-electron chi connectivity index (χ4n) is 3.12. The highest BCUT2D eigenvalue weighted by atomic mass is 16.5. The lowest BCUT2D eigenvalue weighted by Crippen LogP contribution is -2.43. The second-order valence-corrected chi connectivity index (χ2v) is 6.27. The van der Waals surface area contributed by atoms with Crippen LogP contribution in [0.4, 0.5) is 0 Å². The molecule has 0 aliphatic carbocycles. The van der Waals surface area contributed by atoms with Gasteiger partial charge in [-0.05, 0) is 45.3 Å². The molecule has 0 bridgehead atoms. The lowest BCUT2D eigenvalue weighted by molar-refractivity contribution is 0.0380. The molecule has 0 atom stereocenters. The Balaban J connectivity index is 1.30. The molecule has 2 aliphatic rings. The van der Waals surface area contributed by atoms with Gasteiger partial charge in [-0.25, -0.2) is 0 Å². The molecule has 2 aliphatic heterocycles. The van der Waals surface area contributed by atoms with E-state index in [0.29, 0.717) is 0 Å². The Bertz CT molecular complexity index is 216. The van der Waals surface area contributed by atoms with Crippen molar-refractivity contribution in [2.24, 2.45) is 0 Å². The van der Waals surface area contributed by atoms with Crippen LogP contribution in [0.1, 0.15) is 38.5 Å². The number of unbranched alkanes of at least 4 members (excludes halogenated alkanes) is 2. The van der Waals surface area contributed by atoms with Crippen LogP contribution in [0.25, 0.3) is 0 Å². The topological polar surface area (TPSA) is 39.8 Å². The number of nitrogens with zero attached hydrogens (tertiary/aromatic N) is 2. The van der Waals surface area contributed by atoms with E-state index in [4.69, 9.17) is 4.74 Å². The van der Waals surface area contributed by atoms with Gasteiger partial charge in [-0.15, -0.1) is 0 Å². The number of hydrazine groups is 1. The zero-order chi connectivity index (χ0) is 14.6. The predicted octanol–water partition coefficient (Wildman–Crippen LogP) is 1.07. The van der Waals surface area contributed by atoms with Crippen LogP contribution in [0.3, 0.4) is 0 Å². The van der Waals surface area contributed by atoms with Gasteiger partial charge in [0.25, 0.3) is 0 Å². The minimum Gasteiger partial charge on any atom is -0.379 e. The fourth-order valence-corrected chi connectivity index (χ4v) is 3.12. The summed E-state index contributed by atoms with van der Waals surface area (Å²) in [6.07, 6.45) is 8.24. The van der Waals surface area contributed by atoms with Gasteiger partial charge in [0, 0.05) is 32.7 Å². The first-order valence-electron chi connectivity index (χ1n) is 8.93. The van der Waals surface area contributed by atoms with Crippen LogP contribution in [-0.4, -0.2) is 75.4 Å². The Hall–Kier alpha value is -0.200. The van der Waals surface area contributed by atoms with E-state index < -0.39 is 0 Å². The van der Waals surface area contributed by atoms with Crippen LogP contribution in [0.2, 0.25) is 0 Å². The smallest absolute Gasteiger partial charge is 0.0594 e. The van der Waals surface area contributed by atoms with Crippen LogP contribution in [0.5, 0.6) is 0 Å². The SMILES string of the molecule is C(CCNNCCN1CCOCC1)CCN1CCCCC1. The van der Waals surface area contributed by atoms with Gasteiger partial charge in [-0.3, -0.25) is 15.8 Å². The lowest BCUT2D eigenvalue weighted by atomic mass is 10.1. The van der Waals surface area contributed by atoms with Crippen LogP contribution in [-0.2, 0) is 4.74 Å². The Kier molecular flexibility index (Phi) is 9.30. The Labute approximate surface area is 130 Å². The molecule has 0 spiro atoms. The lowest BCUT2D eigenvalue weighted by Gasteiger charge is -2.26. The highest BCUT2D eigenvalue weighted by Crippen LogP contribution is 2.09. The van der Waals surface area contributed by atoms with E-state index in [2.05, 4.69) is 20.7 Å². The summed E-state index contributed by atoms with van der Waals surface area (Å²) >= 11 is 0. The maximum atomic E-state index is 5.34. The van der Waals surface area contributed by atoms with Gasteiger partial charge < -0.3 is 9.64 Å². The first-order chi connectivity index (χ1) is 10.4. The third-order valence-electron chi connectivity index (χ3n) is 4.51. The number of morpholine rings is 1. The van der Waals surface area contributed by atoms with Crippen molar-refractivity contribution in [3.63, 3.8) is 0 Å². The molecule has 2 fully saturated rings. The third kappa shape index (κ3) is 8.12. The van der Waals surface area contributed by atoms with Crippen molar-refractivity contribution < 1.29 is 4.74 Å². The van der Waals surface area contributed by atoms with Gasteiger partial charge >= 0.3 is 0 Å². The monoisotopic (exact) mass is 298 g/mol. The number of hydrogen-bond donors (Lipinski definition) is 2. The normalized spacial score (nSPS) is 21.7. The second-order valence-electron chi connectivity index (χ2n) is 6.27. The largest absolute Gasteiger partial charge is 0.379 e. The molecule has 0 aromatic carbocycles. The molecule has 0 amide bonds. The average Bonchev–Trinajstić information content (AvgIpc) is 2.55. The van der Waals surface area contributed by atoms with E-state index in [1.165, 1.54) is 58.2 Å². The molecule has 5 heteroatoms. The average molecular weight is 298 g/mol. The predicted molar refractivity (Wildman–Crippen MR) is 87.4 cm³/mol. The number of hydrogen-bond acceptors (Lipinski definition) is 5. The van der Waals surface area contributed by atoms with Crippen molar-refractivity contribution in [2.45, 2.75) is 38.5 Å². The summed E-state index contributed by atoms with van der Waals surface area (Å²) < 4.78 is 5.34. The first-order valence-corrected chi connectivity index (χ1v) is 8.93. The van der Waals surface area contributed by atoms with Crippen LogP contribution in [0, 0.1) is 0 Å². The Morgan fingerprint density at radius 3 is 2.19 bits per heavy atom.